The summed E-state index contributed by atoms with van der Waals surface area (Å²) in [5, 5.41) is 0.679. The average Bonchev–Trinajstić information content (AvgIpc) is 3.11. The minimum atomic E-state index is -3.30. The molecule has 1 fully saturated rings. The lowest BCUT2D eigenvalue weighted by Gasteiger charge is -2.30. The van der Waals surface area contributed by atoms with E-state index in [1.165, 1.54) is 5.56 Å². The van der Waals surface area contributed by atoms with Gasteiger partial charge in [-0.1, -0.05) is 53.8 Å². The van der Waals surface area contributed by atoms with Crippen LogP contribution < -0.4 is 4.74 Å². The van der Waals surface area contributed by atoms with Crippen LogP contribution in [-0.2, 0) is 15.8 Å². The Hall–Kier alpha value is -1.96. The van der Waals surface area contributed by atoms with Gasteiger partial charge in [-0.2, -0.15) is 0 Å². The molecule has 0 saturated carbocycles. The van der Waals surface area contributed by atoms with Crippen molar-refractivity contribution in [2.75, 3.05) is 13.1 Å². The summed E-state index contributed by atoms with van der Waals surface area (Å²) in [5.74, 6) is 0.0514. The number of sulfonamides is 1. The Balaban J connectivity index is 1.39. The van der Waals surface area contributed by atoms with Gasteiger partial charge in [0, 0.05) is 13.1 Å². The molecule has 3 aromatic rings. The Morgan fingerprint density at radius 1 is 1.07 bits per heavy atom. The van der Waals surface area contributed by atoms with Crippen molar-refractivity contribution in [3.05, 3.63) is 59.2 Å². The minimum Gasteiger partial charge on any atom is -0.467 e. The summed E-state index contributed by atoms with van der Waals surface area (Å²) in [7, 11) is -3.30. The second kappa shape index (κ2) is 7.81. The van der Waals surface area contributed by atoms with Gasteiger partial charge in [0.25, 0.3) is 5.19 Å². The van der Waals surface area contributed by atoms with Crippen molar-refractivity contribution >= 4 is 31.6 Å². The van der Waals surface area contributed by atoms with Gasteiger partial charge in [-0.3, -0.25) is 0 Å². The molecule has 0 spiro atoms. The van der Waals surface area contributed by atoms with E-state index < -0.39 is 10.0 Å². The molecule has 28 heavy (non-hydrogen) atoms. The molecule has 0 unspecified atom stereocenters. The highest BCUT2D eigenvalue weighted by atomic mass is 32.2. The van der Waals surface area contributed by atoms with E-state index in [1.54, 1.807) is 15.6 Å². The minimum absolute atomic E-state index is 0.00403. The summed E-state index contributed by atoms with van der Waals surface area (Å²) in [5.41, 5.74) is 4.17. The van der Waals surface area contributed by atoms with E-state index in [1.807, 2.05) is 30.3 Å². The van der Waals surface area contributed by atoms with Gasteiger partial charge in [-0.15, -0.1) is 0 Å². The maximum absolute atomic E-state index is 12.7. The Labute approximate surface area is 170 Å². The summed E-state index contributed by atoms with van der Waals surface area (Å²) in [4.78, 5) is 4.66. The van der Waals surface area contributed by atoms with E-state index in [-0.39, 0.29) is 11.9 Å². The molecule has 2 aromatic carbocycles. The Morgan fingerprint density at radius 2 is 1.75 bits per heavy atom. The highest BCUT2D eigenvalue weighted by Crippen LogP contribution is 2.33. The number of ether oxygens (including phenoxy) is 1. The predicted octanol–water partition coefficient (Wildman–Crippen LogP) is 4.29. The first kappa shape index (κ1) is 19.4. The van der Waals surface area contributed by atoms with Crippen LogP contribution in [0.5, 0.6) is 5.19 Å². The van der Waals surface area contributed by atoms with Crippen molar-refractivity contribution in [2.24, 2.45) is 0 Å². The van der Waals surface area contributed by atoms with Crippen molar-refractivity contribution < 1.29 is 13.2 Å². The normalized spacial score (nSPS) is 16.5. The molecular formula is C21H24N2O3S2. The monoisotopic (exact) mass is 416 g/mol. The highest BCUT2D eigenvalue weighted by Gasteiger charge is 2.29. The molecule has 1 aliphatic rings. The zero-order chi connectivity index (χ0) is 19.7. The molecule has 0 bridgehead atoms. The molecule has 0 amide bonds. The number of aryl methyl sites for hydroxylation is 2. The number of hydrogen-bond acceptors (Lipinski definition) is 5. The average molecular weight is 417 g/mol. The maximum atomic E-state index is 12.7. The number of aromatic nitrogens is 1. The fraction of sp³-hybridized carbons (Fsp3) is 0.381. The summed E-state index contributed by atoms with van der Waals surface area (Å²) < 4.78 is 34.2. The highest BCUT2D eigenvalue weighted by molar-refractivity contribution is 7.88. The third-order valence-corrected chi connectivity index (χ3v) is 8.11. The standard InChI is InChI=1S/C21H24N2O3S2/c1-15-8-9-16(2)20-19(15)22-21(27-20)26-18-10-12-23(13-11-18)28(24,25)14-17-6-4-3-5-7-17/h3-9,18H,10-14H2,1-2H3. The van der Waals surface area contributed by atoms with Gasteiger partial charge in [0.05, 0.1) is 16.0 Å². The quantitative estimate of drug-likeness (QED) is 0.623. The second-order valence-corrected chi connectivity index (χ2v) is 10.2. The van der Waals surface area contributed by atoms with Gasteiger partial charge in [-0.05, 0) is 43.4 Å². The van der Waals surface area contributed by atoms with Crippen molar-refractivity contribution in [3.63, 3.8) is 0 Å². The van der Waals surface area contributed by atoms with E-state index in [0.717, 1.165) is 21.3 Å². The van der Waals surface area contributed by atoms with Crippen LogP contribution in [0.1, 0.15) is 29.5 Å². The first-order valence-electron chi connectivity index (χ1n) is 9.47. The predicted molar refractivity (Wildman–Crippen MR) is 113 cm³/mol. The first-order chi connectivity index (χ1) is 13.4. The third kappa shape index (κ3) is 4.06. The Morgan fingerprint density at radius 3 is 2.43 bits per heavy atom. The van der Waals surface area contributed by atoms with E-state index >= 15 is 0 Å². The fourth-order valence-corrected chi connectivity index (χ4v) is 6.13. The Bertz CT molecular complexity index is 1030. The number of nitrogens with zero attached hydrogens (tertiary/aromatic N) is 2. The lowest BCUT2D eigenvalue weighted by atomic mass is 10.1. The van der Waals surface area contributed by atoms with Crippen LogP contribution in [0.2, 0.25) is 0 Å². The molecule has 0 aliphatic carbocycles. The molecule has 2 heterocycles. The van der Waals surface area contributed by atoms with Crippen molar-refractivity contribution in [3.8, 4) is 5.19 Å². The van der Waals surface area contributed by atoms with Gasteiger partial charge >= 0.3 is 0 Å². The van der Waals surface area contributed by atoms with Crippen LogP contribution in [0.4, 0.5) is 0 Å². The summed E-state index contributed by atoms with van der Waals surface area (Å²) in [6, 6.07) is 13.5. The second-order valence-electron chi connectivity index (χ2n) is 7.31. The van der Waals surface area contributed by atoms with Crippen LogP contribution >= 0.6 is 11.3 Å². The number of thiazole rings is 1. The maximum Gasteiger partial charge on any atom is 0.274 e. The van der Waals surface area contributed by atoms with E-state index in [9.17, 15) is 8.42 Å². The Kier molecular flexibility index (Phi) is 5.40. The van der Waals surface area contributed by atoms with Gasteiger partial charge in [0.1, 0.15) is 6.10 Å². The molecule has 0 radical (unpaired) electrons. The molecule has 7 heteroatoms. The van der Waals surface area contributed by atoms with E-state index in [2.05, 4.69) is 31.0 Å². The number of rotatable bonds is 5. The van der Waals surface area contributed by atoms with Gasteiger partial charge in [-0.25, -0.2) is 17.7 Å². The number of benzene rings is 2. The summed E-state index contributed by atoms with van der Waals surface area (Å²) in [6.07, 6.45) is 1.37. The van der Waals surface area contributed by atoms with Crippen LogP contribution in [0.15, 0.2) is 42.5 Å². The SMILES string of the molecule is Cc1ccc(C)c2sc(OC3CCN(S(=O)(=O)Cc4ccccc4)CC3)nc12. The van der Waals surface area contributed by atoms with E-state index in [0.29, 0.717) is 31.1 Å². The zero-order valence-electron chi connectivity index (χ0n) is 16.1. The van der Waals surface area contributed by atoms with Crippen LogP contribution in [0.3, 0.4) is 0 Å². The van der Waals surface area contributed by atoms with Crippen molar-refractivity contribution in [2.45, 2.75) is 38.5 Å². The first-order valence-corrected chi connectivity index (χ1v) is 11.9. The van der Waals surface area contributed by atoms with Gasteiger partial charge in [0.2, 0.25) is 10.0 Å². The lowest BCUT2D eigenvalue weighted by Crippen LogP contribution is -2.42. The number of hydrogen-bond donors (Lipinski definition) is 0. The largest absolute Gasteiger partial charge is 0.467 e. The van der Waals surface area contributed by atoms with E-state index in [4.69, 9.17) is 4.74 Å². The molecule has 1 aromatic heterocycles. The van der Waals surface area contributed by atoms with Crippen LogP contribution in [-0.4, -0.2) is 36.9 Å². The van der Waals surface area contributed by atoms with Gasteiger partial charge in [0.15, 0.2) is 0 Å². The van der Waals surface area contributed by atoms with Gasteiger partial charge < -0.3 is 4.74 Å². The third-order valence-electron chi connectivity index (χ3n) is 5.18. The summed E-state index contributed by atoms with van der Waals surface area (Å²) >= 11 is 1.57. The summed E-state index contributed by atoms with van der Waals surface area (Å²) in [6.45, 7) is 5.12. The van der Waals surface area contributed by atoms with Crippen LogP contribution in [0, 0.1) is 13.8 Å². The van der Waals surface area contributed by atoms with Crippen molar-refractivity contribution in [1.29, 1.82) is 0 Å². The molecule has 0 atom stereocenters. The molecule has 4 rings (SSSR count). The lowest BCUT2D eigenvalue weighted by molar-refractivity contribution is 0.135. The molecule has 148 valence electrons. The number of fused-ring (bicyclic) bond motifs is 1. The molecule has 5 nitrogen and oxygen atoms in total. The molecule has 0 N–H and O–H groups in total. The number of piperidine rings is 1. The zero-order valence-corrected chi connectivity index (χ0v) is 17.7. The molecule has 1 saturated heterocycles. The van der Waals surface area contributed by atoms with Crippen LogP contribution in [0.25, 0.3) is 10.2 Å². The smallest absolute Gasteiger partial charge is 0.274 e. The molecule has 1 aliphatic heterocycles. The molecular weight excluding hydrogens is 392 g/mol. The topological polar surface area (TPSA) is 59.5 Å². The fourth-order valence-electron chi connectivity index (χ4n) is 3.54. The van der Waals surface area contributed by atoms with Crippen molar-refractivity contribution in [1.82, 2.24) is 9.29 Å².